The van der Waals surface area contributed by atoms with Gasteiger partial charge < -0.3 is 19.3 Å². The van der Waals surface area contributed by atoms with E-state index in [1.807, 2.05) is 13.0 Å². The van der Waals surface area contributed by atoms with Crippen LogP contribution in [0.4, 0.5) is 0 Å². The molecule has 1 saturated heterocycles. The number of rotatable bonds is 10. The minimum atomic E-state index is -1.01. The number of carboxylic acid groups (broad SMARTS) is 1. The second kappa shape index (κ2) is 14.9. The summed E-state index contributed by atoms with van der Waals surface area (Å²) in [6.07, 6.45) is 1.17. The Bertz CT molecular complexity index is 1650. The number of hydrogen-bond donors (Lipinski definition) is 1. The van der Waals surface area contributed by atoms with Crippen molar-refractivity contribution in [1.82, 2.24) is 4.90 Å². The number of benzene rings is 3. The summed E-state index contributed by atoms with van der Waals surface area (Å²) >= 11 is 1.79. The maximum absolute atomic E-state index is 11.2. The molecule has 0 saturated carbocycles. The highest BCUT2D eigenvalue weighted by Gasteiger charge is 2.14. The van der Waals surface area contributed by atoms with Gasteiger partial charge in [-0.1, -0.05) is 48.2 Å². The lowest BCUT2D eigenvalue weighted by molar-refractivity contribution is -0.144. The smallest absolute Gasteiger partial charge is 0.344 e. The zero-order chi connectivity index (χ0) is 30.9. The molecule has 1 atom stereocenters. The Kier molecular flexibility index (Phi) is 10.5. The van der Waals surface area contributed by atoms with Crippen molar-refractivity contribution < 1.29 is 24.1 Å². The largest absolute Gasteiger partial charge is 0.489 e. The third-order valence-electron chi connectivity index (χ3n) is 7.39. The number of hydrogen-bond acceptors (Lipinski definition) is 6. The first-order valence-corrected chi connectivity index (χ1v) is 15.6. The van der Waals surface area contributed by atoms with E-state index in [0.29, 0.717) is 18.1 Å². The van der Waals surface area contributed by atoms with Gasteiger partial charge in [-0.05, 0) is 97.1 Å². The van der Waals surface area contributed by atoms with Gasteiger partial charge in [0.15, 0.2) is 6.10 Å². The summed E-state index contributed by atoms with van der Waals surface area (Å²) in [6.45, 7) is 10.0. The first kappa shape index (κ1) is 31.1. The minimum absolute atomic E-state index is 0.355. The number of carbonyl (C=O) groups is 1. The Hall–Kier alpha value is -4.35. The molecule has 1 aliphatic heterocycles. The summed E-state index contributed by atoms with van der Waals surface area (Å²) in [6, 6.07) is 26.7. The van der Waals surface area contributed by atoms with Gasteiger partial charge in [-0.2, -0.15) is 0 Å². The molecule has 1 unspecified atom stereocenters. The van der Waals surface area contributed by atoms with Crippen LogP contribution in [0.25, 0.3) is 16.0 Å². The number of nitrogens with zero attached hydrogens (tertiary/aromatic N) is 1. The molecule has 4 aromatic rings. The number of ether oxygens (including phenoxy) is 3. The molecule has 2 heterocycles. The summed E-state index contributed by atoms with van der Waals surface area (Å²) in [5.74, 6) is 6.80. The van der Waals surface area contributed by atoms with Crippen LogP contribution in [0.3, 0.4) is 0 Å². The average molecular weight is 608 g/mol. The molecule has 7 heteroatoms. The van der Waals surface area contributed by atoms with Gasteiger partial charge in [-0.3, -0.25) is 4.90 Å². The van der Waals surface area contributed by atoms with Gasteiger partial charge in [0, 0.05) is 28.4 Å². The molecule has 1 aliphatic rings. The molecule has 0 aliphatic carbocycles. The molecule has 1 N–H and O–H groups in total. The van der Waals surface area contributed by atoms with Crippen LogP contribution in [0, 0.1) is 25.7 Å². The van der Waals surface area contributed by atoms with E-state index in [4.69, 9.17) is 19.3 Å². The topological polar surface area (TPSA) is 68.2 Å². The van der Waals surface area contributed by atoms with E-state index in [0.717, 1.165) is 60.7 Å². The predicted molar refractivity (Wildman–Crippen MR) is 177 cm³/mol. The standard InChI is InChI=1S/C37H37NO5S/c1-26-25-33(15-16-35(26)43-28(3)37(39)40)42-22-18-34(31-11-13-32(14-12-31)36-17-6-27(2)44-36)30-9-7-29(8-10-30)5-4-19-38-20-23-41-24-21-38/h6-18,25,28H,19-24H2,1-3H3,(H,39,40)/b34-18+. The fraction of sp³-hybridized carbons (Fsp3) is 0.270. The summed E-state index contributed by atoms with van der Waals surface area (Å²) in [7, 11) is 0. The van der Waals surface area contributed by atoms with Crippen molar-refractivity contribution in [3.8, 4) is 33.8 Å². The fourth-order valence-electron chi connectivity index (χ4n) is 4.86. The van der Waals surface area contributed by atoms with Gasteiger partial charge >= 0.3 is 5.97 Å². The van der Waals surface area contributed by atoms with Crippen LogP contribution in [0.5, 0.6) is 11.5 Å². The molecular formula is C37H37NO5S. The molecule has 226 valence electrons. The zero-order valence-electron chi connectivity index (χ0n) is 25.3. The van der Waals surface area contributed by atoms with Gasteiger partial charge in [-0.25, -0.2) is 4.79 Å². The molecule has 5 rings (SSSR count). The average Bonchev–Trinajstić information content (AvgIpc) is 3.48. The van der Waals surface area contributed by atoms with E-state index in [9.17, 15) is 4.79 Å². The Balaban J connectivity index is 1.34. The lowest BCUT2D eigenvalue weighted by Gasteiger charge is -2.24. The van der Waals surface area contributed by atoms with Crippen LogP contribution in [0.1, 0.15) is 34.1 Å². The van der Waals surface area contributed by atoms with Crippen molar-refractivity contribution in [1.29, 1.82) is 0 Å². The quantitative estimate of drug-likeness (QED) is 0.194. The maximum Gasteiger partial charge on any atom is 0.344 e. The first-order chi connectivity index (χ1) is 21.4. The molecular weight excluding hydrogens is 570 g/mol. The molecule has 0 amide bonds. The maximum atomic E-state index is 11.2. The summed E-state index contributed by atoms with van der Waals surface area (Å²) in [5.41, 5.74) is 6.23. The van der Waals surface area contributed by atoms with E-state index >= 15 is 0 Å². The van der Waals surface area contributed by atoms with Crippen LogP contribution in [-0.2, 0) is 9.53 Å². The Labute approximate surface area is 263 Å². The highest BCUT2D eigenvalue weighted by molar-refractivity contribution is 7.15. The molecule has 0 bridgehead atoms. The highest BCUT2D eigenvalue weighted by Crippen LogP contribution is 2.31. The monoisotopic (exact) mass is 607 g/mol. The second-order valence-corrected chi connectivity index (χ2v) is 12.0. The third kappa shape index (κ3) is 8.39. The molecule has 6 nitrogen and oxygen atoms in total. The Morgan fingerprint density at radius 1 is 1.00 bits per heavy atom. The SMILES string of the molecule is Cc1ccc(-c2ccc(/C(=C/COc3ccc(OC(C)C(=O)O)c(C)c3)c3ccc(C#CCN4CCOCC4)cc3)cc2)s1. The second-order valence-electron chi connectivity index (χ2n) is 10.7. The number of morpholine rings is 1. The van der Waals surface area contributed by atoms with E-state index in [2.05, 4.69) is 90.4 Å². The van der Waals surface area contributed by atoms with E-state index in [-0.39, 0.29) is 0 Å². The molecule has 1 aromatic heterocycles. The number of aliphatic carboxylic acids is 1. The van der Waals surface area contributed by atoms with Crippen LogP contribution in [0.2, 0.25) is 0 Å². The summed E-state index contributed by atoms with van der Waals surface area (Å²) in [4.78, 5) is 16.0. The van der Waals surface area contributed by atoms with Crippen LogP contribution >= 0.6 is 11.3 Å². The Morgan fingerprint density at radius 3 is 2.34 bits per heavy atom. The third-order valence-corrected chi connectivity index (χ3v) is 8.44. The van der Waals surface area contributed by atoms with Crippen LogP contribution < -0.4 is 9.47 Å². The molecule has 44 heavy (non-hydrogen) atoms. The van der Waals surface area contributed by atoms with Gasteiger partial charge in [-0.15, -0.1) is 11.3 Å². The highest BCUT2D eigenvalue weighted by atomic mass is 32.1. The molecule has 0 spiro atoms. The zero-order valence-corrected chi connectivity index (χ0v) is 26.2. The van der Waals surface area contributed by atoms with Gasteiger partial charge in [0.1, 0.15) is 18.1 Å². The fourth-order valence-corrected chi connectivity index (χ4v) is 5.73. The van der Waals surface area contributed by atoms with Crippen molar-refractivity contribution in [3.63, 3.8) is 0 Å². The number of thiophene rings is 1. The van der Waals surface area contributed by atoms with E-state index in [1.165, 1.54) is 22.2 Å². The van der Waals surface area contributed by atoms with Crippen LogP contribution in [0.15, 0.2) is 84.9 Å². The normalized spacial score (nSPS) is 14.4. The van der Waals surface area contributed by atoms with Crippen molar-refractivity contribution >= 4 is 22.9 Å². The van der Waals surface area contributed by atoms with E-state index < -0.39 is 12.1 Å². The lowest BCUT2D eigenvalue weighted by atomic mass is 9.95. The lowest BCUT2D eigenvalue weighted by Crippen LogP contribution is -2.36. The first-order valence-electron chi connectivity index (χ1n) is 14.8. The van der Waals surface area contributed by atoms with Gasteiger partial charge in [0.05, 0.1) is 19.8 Å². The number of aryl methyl sites for hydroxylation is 2. The van der Waals surface area contributed by atoms with Crippen molar-refractivity contribution in [2.45, 2.75) is 26.9 Å². The predicted octanol–water partition coefficient (Wildman–Crippen LogP) is 7.08. The summed E-state index contributed by atoms with van der Waals surface area (Å²) in [5, 5.41) is 9.15. The molecule has 3 aromatic carbocycles. The van der Waals surface area contributed by atoms with Crippen LogP contribution in [-0.4, -0.2) is 61.5 Å². The molecule has 1 fully saturated rings. The Morgan fingerprint density at radius 2 is 1.70 bits per heavy atom. The summed E-state index contributed by atoms with van der Waals surface area (Å²) < 4.78 is 17.1. The van der Waals surface area contributed by atoms with Gasteiger partial charge in [0.25, 0.3) is 0 Å². The van der Waals surface area contributed by atoms with Gasteiger partial charge in [0.2, 0.25) is 0 Å². The minimum Gasteiger partial charge on any atom is -0.489 e. The van der Waals surface area contributed by atoms with E-state index in [1.54, 1.807) is 23.5 Å². The van der Waals surface area contributed by atoms with Crippen molar-refractivity contribution in [2.24, 2.45) is 0 Å². The number of carboxylic acids is 1. The molecule has 0 radical (unpaired) electrons. The van der Waals surface area contributed by atoms with Crippen molar-refractivity contribution in [3.05, 3.63) is 112 Å². The van der Waals surface area contributed by atoms with Crippen molar-refractivity contribution in [2.75, 3.05) is 39.5 Å².